The Morgan fingerprint density at radius 2 is 1.75 bits per heavy atom. The van der Waals surface area contributed by atoms with E-state index in [0.717, 1.165) is 19.3 Å². The normalized spacial score (nSPS) is 35.6. The van der Waals surface area contributed by atoms with Crippen molar-refractivity contribution in [3.05, 3.63) is 12.2 Å². The van der Waals surface area contributed by atoms with E-state index in [1.165, 1.54) is 12.8 Å². The second-order valence-corrected chi connectivity index (χ2v) is 6.40. The molecule has 0 radical (unpaired) electrons. The van der Waals surface area contributed by atoms with Crippen molar-refractivity contribution in [3.63, 3.8) is 0 Å². The zero-order chi connectivity index (χ0) is 14.3. The minimum absolute atomic E-state index is 0.0636. The summed E-state index contributed by atoms with van der Waals surface area (Å²) in [6.07, 6.45) is 9.44. The van der Waals surface area contributed by atoms with Crippen LogP contribution in [0.25, 0.3) is 0 Å². The highest BCUT2D eigenvalue weighted by atomic mass is 16.4. The second kappa shape index (κ2) is 5.23. The first-order valence-corrected chi connectivity index (χ1v) is 7.85. The molecule has 4 heteroatoms. The van der Waals surface area contributed by atoms with Gasteiger partial charge in [-0.1, -0.05) is 25.0 Å². The highest BCUT2D eigenvalue weighted by Gasteiger charge is 2.53. The van der Waals surface area contributed by atoms with E-state index in [0.29, 0.717) is 12.6 Å². The molecule has 0 aromatic heterocycles. The Bertz CT molecular complexity index is 439. The Balaban J connectivity index is 1.81. The fourth-order valence-electron chi connectivity index (χ4n) is 4.50. The zero-order valence-electron chi connectivity index (χ0n) is 12.0. The number of carboxylic acids is 1. The van der Waals surface area contributed by atoms with E-state index >= 15 is 0 Å². The fourth-order valence-corrected chi connectivity index (χ4v) is 4.50. The minimum atomic E-state index is -0.803. The summed E-state index contributed by atoms with van der Waals surface area (Å²) in [6, 6.07) is 0.338. The summed E-state index contributed by atoms with van der Waals surface area (Å²) >= 11 is 0. The minimum Gasteiger partial charge on any atom is -0.481 e. The predicted molar refractivity (Wildman–Crippen MR) is 75.0 cm³/mol. The molecule has 0 spiro atoms. The molecule has 0 heterocycles. The molecule has 3 aliphatic carbocycles. The first-order valence-electron chi connectivity index (χ1n) is 7.85. The Kier molecular flexibility index (Phi) is 3.57. The molecule has 1 N–H and O–H groups in total. The molecule has 0 aliphatic heterocycles. The van der Waals surface area contributed by atoms with Crippen molar-refractivity contribution in [2.75, 3.05) is 6.54 Å². The molecule has 0 aromatic rings. The number of carboxylic acid groups (broad SMARTS) is 1. The number of hydrogen-bond acceptors (Lipinski definition) is 2. The average Bonchev–Trinajstić information content (AvgIpc) is 3.14. The lowest BCUT2D eigenvalue weighted by Gasteiger charge is -2.34. The number of fused-ring (bicyclic) bond motifs is 2. The van der Waals surface area contributed by atoms with Gasteiger partial charge in [-0.2, -0.15) is 0 Å². The van der Waals surface area contributed by atoms with Gasteiger partial charge in [0, 0.05) is 12.6 Å². The molecule has 4 nitrogen and oxygen atoms in total. The summed E-state index contributed by atoms with van der Waals surface area (Å²) in [5.74, 6) is -1.35. The molecule has 4 atom stereocenters. The lowest BCUT2D eigenvalue weighted by atomic mass is 9.82. The summed E-state index contributed by atoms with van der Waals surface area (Å²) in [7, 11) is 0. The van der Waals surface area contributed by atoms with Crippen LogP contribution in [0.5, 0.6) is 0 Å². The number of aliphatic carboxylic acids is 1. The van der Waals surface area contributed by atoms with E-state index < -0.39 is 11.9 Å². The van der Waals surface area contributed by atoms with Gasteiger partial charge >= 0.3 is 5.97 Å². The number of amides is 1. The van der Waals surface area contributed by atoms with Gasteiger partial charge in [-0.05, 0) is 38.0 Å². The van der Waals surface area contributed by atoms with E-state index in [-0.39, 0.29) is 23.7 Å². The van der Waals surface area contributed by atoms with Crippen molar-refractivity contribution in [1.29, 1.82) is 0 Å². The molecular weight excluding hydrogens is 254 g/mol. The van der Waals surface area contributed by atoms with Crippen LogP contribution in [0.2, 0.25) is 0 Å². The van der Waals surface area contributed by atoms with Gasteiger partial charge < -0.3 is 10.0 Å². The molecule has 2 saturated carbocycles. The molecule has 2 fully saturated rings. The molecule has 3 aliphatic rings. The zero-order valence-corrected chi connectivity index (χ0v) is 12.0. The highest BCUT2D eigenvalue weighted by Crippen LogP contribution is 2.49. The molecule has 4 unspecified atom stereocenters. The Hall–Kier alpha value is -1.32. The SMILES string of the molecule is CCN(C(=O)C1C2C=CC(C2)C1C(=O)O)C1CCCC1. The van der Waals surface area contributed by atoms with Crippen LogP contribution >= 0.6 is 0 Å². The number of rotatable bonds is 4. The Morgan fingerprint density at radius 1 is 1.15 bits per heavy atom. The number of nitrogens with zero attached hydrogens (tertiary/aromatic N) is 1. The fraction of sp³-hybridized carbons (Fsp3) is 0.750. The number of carbonyl (C=O) groups excluding carboxylic acids is 1. The van der Waals surface area contributed by atoms with E-state index in [1.54, 1.807) is 0 Å². The van der Waals surface area contributed by atoms with Crippen LogP contribution in [-0.2, 0) is 9.59 Å². The molecule has 3 rings (SSSR count). The van der Waals surface area contributed by atoms with E-state index in [1.807, 2.05) is 17.9 Å². The maximum atomic E-state index is 12.9. The van der Waals surface area contributed by atoms with Gasteiger partial charge in [0.15, 0.2) is 0 Å². The predicted octanol–water partition coefficient (Wildman–Crippen LogP) is 2.30. The van der Waals surface area contributed by atoms with Crippen LogP contribution < -0.4 is 0 Å². The van der Waals surface area contributed by atoms with Crippen molar-refractivity contribution >= 4 is 11.9 Å². The number of hydrogen-bond donors (Lipinski definition) is 1. The summed E-state index contributed by atoms with van der Waals surface area (Å²) in [6.45, 7) is 2.71. The Morgan fingerprint density at radius 3 is 2.30 bits per heavy atom. The molecule has 1 amide bonds. The average molecular weight is 277 g/mol. The summed E-state index contributed by atoms with van der Waals surface area (Å²) < 4.78 is 0. The molecule has 0 saturated heterocycles. The van der Waals surface area contributed by atoms with Crippen LogP contribution in [0.4, 0.5) is 0 Å². The molecule has 20 heavy (non-hydrogen) atoms. The van der Waals surface area contributed by atoms with Crippen molar-refractivity contribution in [1.82, 2.24) is 4.90 Å². The number of carbonyl (C=O) groups is 2. The van der Waals surface area contributed by atoms with Gasteiger partial charge in [-0.3, -0.25) is 9.59 Å². The molecule has 110 valence electrons. The molecule has 2 bridgehead atoms. The third-order valence-electron chi connectivity index (χ3n) is 5.42. The van der Waals surface area contributed by atoms with Crippen LogP contribution in [-0.4, -0.2) is 34.5 Å². The first-order chi connectivity index (χ1) is 9.63. The van der Waals surface area contributed by atoms with Gasteiger partial charge in [-0.25, -0.2) is 0 Å². The summed E-state index contributed by atoms with van der Waals surface area (Å²) in [5, 5.41) is 9.47. The van der Waals surface area contributed by atoms with Crippen molar-refractivity contribution in [3.8, 4) is 0 Å². The first kappa shape index (κ1) is 13.7. The van der Waals surface area contributed by atoms with Gasteiger partial charge in [0.25, 0.3) is 0 Å². The van der Waals surface area contributed by atoms with Gasteiger partial charge in [-0.15, -0.1) is 0 Å². The van der Waals surface area contributed by atoms with Crippen LogP contribution in [0.1, 0.15) is 39.0 Å². The topological polar surface area (TPSA) is 57.6 Å². The monoisotopic (exact) mass is 277 g/mol. The van der Waals surface area contributed by atoms with E-state index in [9.17, 15) is 14.7 Å². The van der Waals surface area contributed by atoms with Gasteiger partial charge in [0.05, 0.1) is 11.8 Å². The van der Waals surface area contributed by atoms with Crippen LogP contribution in [0, 0.1) is 23.7 Å². The van der Waals surface area contributed by atoms with Crippen molar-refractivity contribution in [2.45, 2.75) is 45.1 Å². The standard InChI is InChI=1S/C16H23NO3/c1-2-17(12-5-3-4-6-12)15(18)13-10-7-8-11(9-10)14(13)16(19)20/h7-8,10-14H,2-6,9H2,1H3,(H,19,20). The van der Waals surface area contributed by atoms with Crippen LogP contribution in [0.3, 0.4) is 0 Å². The van der Waals surface area contributed by atoms with E-state index in [2.05, 4.69) is 6.08 Å². The van der Waals surface area contributed by atoms with Gasteiger partial charge in [0.2, 0.25) is 5.91 Å². The maximum Gasteiger partial charge on any atom is 0.307 e. The summed E-state index contributed by atoms with van der Waals surface area (Å²) in [5.41, 5.74) is 0. The van der Waals surface area contributed by atoms with Gasteiger partial charge in [0.1, 0.15) is 0 Å². The van der Waals surface area contributed by atoms with Crippen molar-refractivity contribution in [2.24, 2.45) is 23.7 Å². The van der Waals surface area contributed by atoms with Crippen molar-refractivity contribution < 1.29 is 14.7 Å². The Labute approximate surface area is 119 Å². The molecule has 0 aromatic carbocycles. The highest BCUT2D eigenvalue weighted by molar-refractivity contribution is 5.87. The third kappa shape index (κ3) is 2.05. The van der Waals surface area contributed by atoms with E-state index in [4.69, 9.17) is 0 Å². The molecular formula is C16H23NO3. The van der Waals surface area contributed by atoms with Crippen LogP contribution in [0.15, 0.2) is 12.2 Å². The third-order valence-corrected chi connectivity index (χ3v) is 5.42. The lowest BCUT2D eigenvalue weighted by molar-refractivity contribution is -0.151. The maximum absolute atomic E-state index is 12.9. The smallest absolute Gasteiger partial charge is 0.307 e. The quantitative estimate of drug-likeness (QED) is 0.802. The summed E-state index contributed by atoms with van der Waals surface area (Å²) in [4.78, 5) is 26.4. The lowest BCUT2D eigenvalue weighted by Crippen LogP contribution is -2.46. The number of allylic oxidation sites excluding steroid dienone is 2. The second-order valence-electron chi connectivity index (χ2n) is 6.40. The largest absolute Gasteiger partial charge is 0.481 e.